The average Bonchev–Trinajstić information content (AvgIpc) is 2.43. The van der Waals surface area contributed by atoms with E-state index >= 15 is 0 Å². The molecule has 0 aromatic heterocycles. The number of hydrogen-bond donors (Lipinski definition) is 1. The molecule has 0 bridgehead atoms. The van der Waals surface area contributed by atoms with Gasteiger partial charge < -0.3 is 10.0 Å². The van der Waals surface area contributed by atoms with Crippen molar-refractivity contribution in [3.63, 3.8) is 0 Å². The Bertz CT molecular complexity index is 474. The lowest BCUT2D eigenvalue weighted by molar-refractivity contribution is -0.137. The van der Waals surface area contributed by atoms with Gasteiger partial charge in [0.1, 0.15) is 0 Å². The first kappa shape index (κ1) is 17.5. The Balaban J connectivity index is 2.80. The number of likely N-dealkylation sites (N-methyl/N-ethyl adjacent to an activating group) is 1. The van der Waals surface area contributed by atoms with Crippen LogP contribution < -0.4 is 0 Å². The molecule has 0 spiro atoms. The van der Waals surface area contributed by atoms with Gasteiger partial charge in [0.15, 0.2) is 0 Å². The van der Waals surface area contributed by atoms with Crippen molar-refractivity contribution in [2.45, 2.75) is 32.4 Å². The molecule has 118 valence electrons. The van der Waals surface area contributed by atoms with Crippen molar-refractivity contribution in [3.8, 4) is 0 Å². The smallest absolute Gasteiger partial charge is 0.395 e. The molecular weight excluding hydrogens is 283 g/mol. The van der Waals surface area contributed by atoms with Crippen LogP contribution in [0.5, 0.6) is 0 Å². The highest BCUT2D eigenvalue weighted by molar-refractivity contribution is 5.77. The Morgan fingerprint density at radius 3 is 2.57 bits per heavy atom. The molecule has 0 heterocycles. The van der Waals surface area contributed by atoms with Gasteiger partial charge in [-0.3, -0.25) is 4.79 Å². The summed E-state index contributed by atoms with van der Waals surface area (Å²) in [5, 5.41) is 8.87. The first-order valence-corrected chi connectivity index (χ1v) is 6.85. The molecule has 1 aromatic carbocycles. The van der Waals surface area contributed by atoms with Crippen molar-refractivity contribution < 1.29 is 23.1 Å². The number of nitrogens with zero attached hydrogens (tertiary/aromatic N) is 1. The van der Waals surface area contributed by atoms with Gasteiger partial charge in [0.05, 0.1) is 12.2 Å². The van der Waals surface area contributed by atoms with Crippen LogP contribution >= 0.6 is 0 Å². The van der Waals surface area contributed by atoms with Crippen LogP contribution in [0.15, 0.2) is 24.3 Å². The number of aliphatic hydroxyl groups is 1. The van der Waals surface area contributed by atoms with Gasteiger partial charge in [0.25, 0.3) is 0 Å². The van der Waals surface area contributed by atoms with Gasteiger partial charge in [-0.1, -0.05) is 25.1 Å². The number of carbonyl (C=O) groups excluding carboxylic acids is 1. The van der Waals surface area contributed by atoms with E-state index < -0.39 is 11.7 Å². The highest BCUT2D eigenvalue weighted by Crippen LogP contribution is 2.31. The van der Waals surface area contributed by atoms with Crippen LogP contribution in [0, 0.1) is 0 Å². The zero-order valence-electron chi connectivity index (χ0n) is 12.2. The van der Waals surface area contributed by atoms with Crippen molar-refractivity contribution in [2.75, 3.05) is 19.7 Å². The summed E-state index contributed by atoms with van der Waals surface area (Å²) < 4.78 is 38.0. The fourth-order valence-corrected chi connectivity index (χ4v) is 2.11. The molecule has 0 fully saturated rings. The second-order valence-corrected chi connectivity index (χ2v) is 4.93. The second kappa shape index (κ2) is 7.45. The Hall–Kier alpha value is -1.56. The summed E-state index contributed by atoms with van der Waals surface area (Å²) >= 11 is 0. The highest BCUT2D eigenvalue weighted by atomic mass is 19.4. The minimum atomic E-state index is -4.38. The van der Waals surface area contributed by atoms with Gasteiger partial charge >= 0.3 is 6.18 Å². The van der Waals surface area contributed by atoms with Gasteiger partial charge in [-0.15, -0.1) is 0 Å². The van der Waals surface area contributed by atoms with Gasteiger partial charge in [0.2, 0.25) is 5.91 Å². The van der Waals surface area contributed by atoms with Crippen molar-refractivity contribution in [3.05, 3.63) is 35.4 Å². The maximum absolute atomic E-state index is 12.7. The lowest BCUT2D eigenvalue weighted by Crippen LogP contribution is -2.33. The van der Waals surface area contributed by atoms with Crippen molar-refractivity contribution in [1.82, 2.24) is 4.90 Å². The third-order valence-electron chi connectivity index (χ3n) is 3.37. The number of alkyl halides is 3. The molecule has 0 saturated heterocycles. The molecule has 6 heteroatoms. The molecule has 3 nitrogen and oxygen atoms in total. The van der Waals surface area contributed by atoms with Crippen LogP contribution in [0.1, 0.15) is 37.3 Å². The van der Waals surface area contributed by atoms with E-state index in [0.29, 0.717) is 12.1 Å². The summed E-state index contributed by atoms with van der Waals surface area (Å²) in [6.45, 7) is 4.10. The van der Waals surface area contributed by atoms with Crippen molar-refractivity contribution in [2.24, 2.45) is 0 Å². The van der Waals surface area contributed by atoms with Gasteiger partial charge in [-0.05, 0) is 24.5 Å². The van der Waals surface area contributed by atoms with E-state index in [4.69, 9.17) is 5.11 Å². The summed E-state index contributed by atoms with van der Waals surface area (Å²) in [5.74, 6) is -0.482. The van der Waals surface area contributed by atoms with E-state index in [0.717, 1.165) is 12.1 Å². The molecule has 0 saturated carbocycles. The minimum absolute atomic E-state index is 0.120. The number of hydrogen-bond acceptors (Lipinski definition) is 2. The average molecular weight is 303 g/mol. The quantitative estimate of drug-likeness (QED) is 0.877. The molecule has 0 radical (unpaired) electrons. The fourth-order valence-electron chi connectivity index (χ4n) is 2.11. The molecule has 0 aliphatic rings. The maximum Gasteiger partial charge on any atom is 0.416 e. The monoisotopic (exact) mass is 303 g/mol. The van der Waals surface area contributed by atoms with E-state index in [1.54, 1.807) is 19.9 Å². The Morgan fingerprint density at radius 1 is 1.38 bits per heavy atom. The van der Waals surface area contributed by atoms with Crippen LogP contribution in [-0.4, -0.2) is 35.6 Å². The van der Waals surface area contributed by atoms with Crippen molar-refractivity contribution in [1.29, 1.82) is 0 Å². The highest BCUT2D eigenvalue weighted by Gasteiger charge is 2.30. The van der Waals surface area contributed by atoms with Crippen LogP contribution in [0.2, 0.25) is 0 Å². The number of benzene rings is 1. The molecular formula is C15H20F3NO2. The normalized spacial score (nSPS) is 13.0. The molecule has 1 atom stereocenters. The van der Waals surface area contributed by atoms with Gasteiger partial charge in [-0.2, -0.15) is 13.2 Å². The zero-order valence-corrected chi connectivity index (χ0v) is 12.2. The standard InChI is InChI=1S/C15H20F3NO2/c1-3-19(7-8-20)14(21)9-11(2)12-5-4-6-13(10-12)15(16,17)18/h4-6,10-11,20H,3,7-9H2,1-2H3. The van der Waals surface area contributed by atoms with E-state index in [1.165, 1.54) is 11.0 Å². The number of amides is 1. The van der Waals surface area contributed by atoms with Crippen molar-refractivity contribution >= 4 is 5.91 Å². The van der Waals surface area contributed by atoms with Gasteiger partial charge in [0, 0.05) is 19.5 Å². The SMILES string of the molecule is CCN(CCO)C(=O)CC(C)c1cccc(C(F)(F)F)c1. The largest absolute Gasteiger partial charge is 0.416 e. The predicted molar refractivity (Wildman–Crippen MR) is 73.8 cm³/mol. The first-order valence-electron chi connectivity index (χ1n) is 6.85. The van der Waals surface area contributed by atoms with E-state index in [2.05, 4.69) is 0 Å². The lowest BCUT2D eigenvalue weighted by atomic mass is 9.95. The minimum Gasteiger partial charge on any atom is -0.395 e. The molecule has 1 rings (SSSR count). The van der Waals surface area contributed by atoms with Crippen LogP contribution in [0.3, 0.4) is 0 Å². The summed E-state index contributed by atoms with van der Waals surface area (Å²) in [6, 6.07) is 5.04. The van der Waals surface area contributed by atoms with E-state index in [1.807, 2.05) is 0 Å². The molecule has 1 amide bonds. The first-order chi connectivity index (χ1) is 9.79. The summed E-state index contributed by atoms with van der Waals surface area (Å²) in [6.07, 6.45) is -4.26. The number of aliphatic hydroxyl groups excluding tert-OH is 1. The summed E-state index contributed by atoms with van der Waals surface area (Å²) in [4.78, 5) is 13.5. The maximum atomic E-state index is 12.7. The Kier molecular flexibility index (Phi) is 6.20. The molecule has 1 aromatic rings. The van der Waals surface area contributed by atoms with Gasteiger partial charge in [-0.25, -0.2) is 0 Å². The second-order valence-electron chi connectivity index (χ2n) is 4.93. The third-order valence-corrected chi connectivity index (χ3v) is 3.37. The molecule has 1 unspecified atom stereocenters. The predicted octanol–water partition coefficient (Wildman–Crippen LogP) is 3.04. The number of carbonyl (C=O) groups is 1. The third kappa shape index (κ3) is 5.04. The zero-order chi connectivity index (χ0) is 16.0. The van der Waals surface area contributed by atoms with E-state index in [9.17, 15) is 18.0 Å². The summed E-state index contributed by atoms with van der Waals surface area (Å²) in [5.41, 5.74) is -0.222. The Morgan fingerprint density at radius 2 is 2.05 bits per heavy atom. The van der Waals surface area contributed by atoms with Crippen LogP contribution in [-0.2, 0) is 11.0 Å². The molecule has 1 N–H and O–H groups in total. The fraction of sp³-hybridized carbons (Fsp3) is 0.533. The lowest BCUT2D eigenvalue weighted by Gasteiger charge is -2.22. The number of rotatable bonds is 6. The molecule has 0 aliphatic heterocycles. The van der Waals surface area contributed by atoms with Crippen LogP contribution in [0.25, 0.3) is 0 Å². The van der Waals surface area contributed by atoms with E-state index in [-0.39, 0.29) is 31.4 Å². The summed E-state index contributed by atoms with van der Waals surface area (Å²) in [7, 11) is 0. The van der Waals surface area contributed by atoms with Crippen LogP contribution in [0.4, 0.5) is 13.2 Å². The topological polar surface area (TPSA) is 40.5 Å². The molecule has 0 aliphatic carbocycles. The Labute approximate surface area is 122 Å². The number of halogens is 3. The molecule has 21 heavy (non-hydrogen) atoms.